The van der Waals surface area contributed by atoms with Crippen molar-refractivity contribution in [2.24, 2.45) is 5.41 Å². The second-order valence-electron chi connectivity index (χ2n) is 14.0. The van der Waals surface area contributed by atoms with E-state index >= 15 is 0 Å². The fraction of sp³-hybridized carbons (Fsp3) is 0.439. The molecule has 3 N–H and O–H groups in total. The lowest BCUT2D eigenvalue weighted by Gasteiger charge is -2.34. The summed E-state index contributed by atoms with van der Waals surface area (Å²) in [6, 6.07) is 14.9. The van der Waals surface area contributed by atoms with Crippen LogP contribution in [0.15, 0.2) is 90.8 Å². The zero-order valence-corrected chi connectivity index (χ0v) is 29.6. The fourth-order valence-electron chi connectivity index (χ4n) is 7.95. The first kappa shape index (κ1) is 35.7. The molecule has 1 aliphatic heterocycles. The van der Waals surface area contributed by atoms with Crippen molar-refractivity contribution in [1.29, 1.82) is 0 Å². The molecule has 1 spiro atoms. The Morgan fingerprint density at radius 3 is 2.37 bits per heavy atom. The minimum Gasteiger partial charge on any atom is -0.453 e. The first-order valence-electron chi connectivity index (χ1n) is 17.7. The first-order chi connectivity index (χ1) is 23.7. The van der Waals surface area contributed by atoms with Gasteiger partial charge in [0.05, 0.1) is 13.2 Å². The third-order valence-electron chi connectivity index (χ3n) is 10.8. The number of hydrogen-bond donors (Lipinski definition) is 3. The number of anilines is 1. The van der Waals surface area contributed by atoms with E-state index in [1.807, 2.05) is 36.4 Å². The number of nitrogens with one attached hydrogen (secondary N) is 3. The van der Waals surface area contributed by atoms with Gasteiger partial charge in [0.25, 0.3) is 0 Å². The number of amides is 3. The van der Waals surface area contributed by atoms with Crippen LogP contribution in [0.1, 0.15) is 101 Å². The van der Waals surface area contributed by atoms with Gasteiger partial charge in [-0.2, -0.15) is 0 Å². The molecule has 2 aliphatic carbocycles. The SMILES string of the molecule is C=C/C(=C\C1=C(C)c2ccc(NC=O)cc2C1(CCCC)CCCC)NC(=O)C1CC2(CC2)CN1C(=C)C(NC(=O)OC)c1ccccc1. The molecule has 3 amide bonds. The standard InChI is InChI=1S/C41H52N4O4/c1-7-10-19-41(20-11-8-2)34(28(4)33-18-17-32(42-27-46)24-35(33)41)23-31(9-3)43-38(47)36-25-40(21-22-40)26-45(36)29(5)37(44-39(48)49-6)30-15-13-12-14-16-30/h9,12-18,23-24,27,36-37H,3,5,7-8,10-11,19-22,25-26H2,1-2,4,6H3,(H,42,46)(H,43,47)(H,44,48)/b31-23+. The lowest BCUT2D eigenvalue weighted by Crippen LogP contribution is -2.45. The molecule has 8 heteroatoms. The maximum absolute atomic E-state index is 14.3. The van der Waals surface area contributed by atoms with E-state index in [1.165, 1.54) is 29.4 Å². The monoisotopic (exact) mass is 664 g/mol. The number of benzene rings is 2. The van der Waals surface area contributed by atoms with Crippen molar-refractivity contribution in [3.8, 4) is 0 Å². The average Bonchev–Trinajstić information content (AvgIpc) is 3.71. The second-order valence-corrected chi connectivity index (χ2v) is 14.0. The first-order valence-corrected chi connectivity index (χ1v) is 17.7. The maximum atomic E-state index is 14.3. The molecular formula is C41H52N4O4. The summed E-state index contributed by atoms with van der Waals surface area (Å²) >= 11 is 0. The highest BCUT2D eigenvalue weighted by molar-refractivity contribution is 5.87. The van der Waals surface area contributed by atoms with Crippen molar-refractivity contribution in [3.63, 3.8) is 0 Å². The highest BCUT2D eigenvalue weighted by Gasteiger charge is 2.55. The highest BCUT2D eigenvalue weighted by Crippen LogP contribution is 2.56. The second kappa shape index (κ2) is 15.3. The number of rotatable bonds is 16. The van der Waals surface area contributed by atoms with Crippen LogP contribution in [0.5, 0.6) is 0 Å². The molecule has 1 saturated carbocycles. The molecule has 8 nitrogen and oxygen atoms in total. The van der Waals surface area contributed by atoms with Crippen molar-refractivity contribution in [3.05, 3.63) is 107 Å². The van der Waals surface area contributed by atoms with Crippen LogP contribution in [0.2, 0.25) is 0 Å². The van der Waals surface area contributed by atoms with E-state index in [-0.39, 0.29) is 16.7 Å². The summed E-state index contributed by atoms with van der Waals surface area (Å²) in [5.41, 5.74) is 7.59. The Hall–Kier alpha value is -4.59. The minimum atomic E-state index is -0.557. The normalized spacial score (nSPS) is 19.2. The van der Waals surface area contributed by atoms with Crippen LogP contribution in [0.4, 0.5) is 10.5 Å². The predicted molar refractivity (Wildman–Crippen MR) is 197 cm³/mol. The molecule has 0 bridgehead atoms. The molecule has 1 saturated heterocycles. The van der Waals surface area contributed by atoms with Gasteiger partial charge in [-0.25, -0.2) is 4.79 Å². The van der Waals surface area contributed by atoms with Crippen LogP contribution in [-0.4, -0.2) is 43.0 Å². The Morgan fingerprint density at radius 2 is 1.78 bits per heavy atom. The number of carbonyl (C=O) groups is 3. The van der Waals surface area contributed by atoms with Crippen molar-refractivity contribution >= 4 is 29.7 Å². The third-order valence-corrected chi connectivity index (χ3v) is 10.8. The van der Waals surface area contributed by atoms with Crippen molar-refractivity contribution in [2.75, 3.05) is 19.0 Å². The molecule has 49 heavy (non-hydrogen) atoms. The van der Waals surface area contributed by atoms with Gasteiger partial charge in [0.15, 0.2) is 0 Å². The van der Waals surface area contributed by atoms with Gasteiger partial charge in [-0.1, -0.05) is 89.1 Å². The largest absolute Gasteiger partial charge is 0.453 e. The van der Waals surface area contributed by atoms with E-state index in [9.17, 15) is 14.4 Å². The van der Waals surface area contributed by atoms with Crippen LogP contribution in [-0.2, 0) is 19.7 Å². The molecule has 2 fully saturated rings. The number of nitrogens with zero attached hydrogens (tertiary/aromatic N) is 1. The van der Waals surface area contributed by atoms with E-state index in [0.717, 1.165) is 75.4 Å². The number of likely N-dealkylation sites (tertiary alicyclic amines) is 1. The van der Waals surface area contributed by atoms with Gasteiger partial charge in [0, 0.05) is 29.0 Å². The third kappa shape index (κ3) is 7.38. The quantitative estimate of drug-likeness (QED) is 0.124. The number of alkyl carbamates (subject to hydrolysis) is 1. The van der Waals surface area contributed by atoms with Crippen molar-refractivity contribution in [2.45, 2.75) is 96.1 Å². The summed E-state index contributed by atoms with van der Waals surface area (Å²) in [5.74, 6) is -0.111. The molecule has 2 unspecified atom stereocenters. The molecule has 260 valence electrons. The van der Waals surface area contributed by atoms with Gasteiger partial charge in [-0.05, 0) is 96.6 Å². The van der Waals surface area contributed by atoms with E-state index in [2.05, 4.69) is 73.0 Å². The minimum absolute atomic E-state index is 0.0738. The molecule has 0 radical (unpaired) electrons. The van der Waals surface area contributed by atoms with Crippen molar-refractivity contribution in [1.82, 2.24) is 15.5 Å². The van der Waals surface area contributed by atoms with Crippen LogP contribution in [0, 0.1) is 5.41 Å². The van der Waals surface area contributed by atoms with Crippen molar-refractivity contribution < 1.29 is 19.1 Å². The molecule has 2 atom stereocenters. The molecule has 0 aromatic heterocycles. The summed E-state index contributed by atoms with van der Waals surface area (Å²) in [6.07, 6.45) is 13.1. The molecule has 2 aromatic carbocycles. The van der Waals surface area contributed by atoms with Gasteiger partial charge in [-0.3, -0.25) is 9.59 Å². The van der Waals surface area contributed by atoms with Crippen LogP contribution < -0.4 is 16.0 Å². The van der Waals surface area contributed by atoms with Gasteiger partial charge < -0.3 is 25.6 Å². The Kier molecular flexibility index (Phi) is 11.2. The predicted octanol–water partition coefficient (Wildman–Crippen LogP) is 8.31. The number of allylic oxidation sites excluding steroid dienone is 4. The average molecular weight is 665 g/mol. The zero-order valence-electron chi connectivity index (χ0n) is 29.6. The van der Waals surface area contributed by atoms with Gasteiger partial charge in [-0.15, -0.1) is 0 Å². The van der Waals surface area contributed by atoms with Crippen LogP contribution in [0.25, 0.3) is 5.57 Å². The molecular weight excluding hydrogens is 612 g/mol. The van der Waals surface area contributed by atoms with E-state index in [1.54, 1.807) is 6.08 Å². The van der Waals surface area contributed by atoms with Crippen LogP contribution in [0.3, 0.4) is 0 Å². The van der Waals surface area contributed by atoms with Gasteiger partial charge in [0.1, 0.15) is 6.04 Å². The number of fused-ring (bicyclic) bond motifs is 1. The Balaban J connectivity index is 1.48. The lowest BCUT2D eigenvalue weighted by molar-refractivity contribution is -0.124. The van der Waals surface area contributed by atoms with E-state index < -0.39 is 18.2 Å². The maximum Gasteiger partial charge on any atom is 0.407 e. The van der Waals surface area contributed by atoms with Gasteiger partial charge in [0.2, 0.25) is 12.3 Å². The zero-order chi connectivity index (χ0) is 35.2. The molecule has 3 aliphatic rings. The Bertz CT molecular complexity index is 1630. The topological polar surface area (TPSA) is 99.8 Å². The summed E-state index contributed by atoms with van der Waals surface area (Å²) in [7, 11) is 1.34. The molecule has 2 aromatic rings. The Morgan fingerprint density at radius 1 is 1.08 bits per heavy atom. The number of hydrogen-bond acceptors (Lipinski definition) is 5. The summed E-state index contributed by atoms with van der Waals surface area (Å²) in [5, 5.41) is 9.06. The van der Waals surface area contributed by atoms with Gasteiger partial charge >= 0.3 is 6.09 Å². The smallest absolute Gasteiger partial charge is 0.407 e. The highest BCUT2D eigenvalue weighted by atomic mass is 16.5. The molecule has 5 rings (SSSR count). The summed E-state index contributed by atoms with van der Waals surface area (Å²) in [4.78, 5) is 40.2. The van der Waals surface area contributed by atoms with Crippen LogP contribution >= 0.6 is 0 Å². The lowest BCUT2D eigenvalue weighted by atomic mass is 9.69. The summed E-state index contributed by atoms with van der Waals surface area (Å²) in [6.45, 7) is 15.9. The Labute approximate surface area is 291 Å². The number of methoxy groups -OCH3 is 1. The number of ether oxygens (including phenoxy) is 1. The van der Waals surface area contributed by atoms with E-state index in [4.69, 9.17) is 4.74 Å². The fourth-order valence-corrected chi connectivity index (χ4v) is 7.95. The van der Waals surface area contributed by atoms with E-state index in [0.29, 0.717) is 17.9 Å². The number of carbonyl (C=O) groups excluding carboxylic acids is 3. The summed E-state index contributed by atoms with van der Waals surface area (Å²) < 4.78 is 4.96. The number of unbranched alkanes of at least 4 members (excludes halogenated alkanes) is 2. The molecule has 1 heterocycles.